The second kappa shape index (κ2) is 4.90. The first-order valence-electron chi connectivity index (χ1n) is 6.00. The maximum absolute atomic E-state index is 13.0. The van der Waals surface area contributed by atoms with E-state index in [4.69, 9.17) is 5.73 Å². The highest BCUT2D eigenvalue weighted by Crippen LogP contribution is 2.44. The van der Waals surface area contributed by atoms with Crippen molar-refractivity contribution in [3.05, 3.63) is 35.9 Å². The van der Waals surface area contributed by atoms with Crippen molar-refractivity contribution in [3.63, 3.8) is 0 Å². The lowest BCUT2D eigenvalue weighted by atomic mass is 9.86. The van der Waals surface area contributed by atoms with Gasteiger partial charge >= 0.3 is 6.18 Å². The van der Waals surface area contributed by atoms with E-state index in [1.54, 1.807) is 0 Å². The molecule has 0 saturated carbocycles. The lowest BCUT2D eigenvalue weighted by Crippen LogP contribution is -2.46. The van der Waals surface area contributed by atoms with Gasteiger partial charge in [-0.05, 0) is 18.5 Å². The maximum Gasteiger partial charge on any atom is 0.396 e. The van der Waals surface area contributed by atoms with Crippen molar-refractivity contribution in [1.29, 1.82) is 0 Å². The minimum atomic E-state index is -4.22. The van der Waals surface area contributed by atoms with Crippen LogP contribution in [0.5, 0.6) is 0 Å². The number of halogens is 3. The summed E-state index contributed by atoms with van der Waals surface area (Å²) >= 11 is 0. The quantitative estimate of drug-likeness (QED) is 0.902. The molecule has 0 amide bonds. The number of likely N-dealkylation sites (tertiary alicyclic amines) is 1. The molecule has 1 aromatic rings. The number of benzene rings is 1. The molecule has 2 nitrogen and oxygen atoms in total. The molecule has 0 spiro atoms. The van der Waals surface area contributed by atoms with Gasteiger partial charge in [0.1, 0.15) is 0 Å². The molecule has 1 fully saturated rings. The van der Waals surface area contributed by atoms with E-state index in [-0.39, 0.29) is 19.5 Å². The summed E-state index contributed by atoms with van der Waals surface area (Å²) in [5, 5.41) is 0. The first-order chi connectivity index (χ1) is 8.47. The van der Waals surface area contributed by atoms with Gasteiger partial charge in [0.25, 0.3) is 0 Å². The van der Waals surface area contributed by atoms with Gasteiger partial charge in [0, 0.05) is 19.6 Å². The molecule has 0 bridgehead atoms. The third-order valence-electron chi connectivity index (χ3n) is 3.67. The molecule has 0 aromatic heterocycles. The first kappa shape index (κ1) is 13.4. The van der Waals surface area contributed by atoms with Crippen LogP contribution in [0.4, 0.5) is 13.2 Å². The van der Waals surface area contributed by atoms with Gasteiger partial charge in [-0.2, -0.15) is 13.2 Å². The second-order valence-electron chi connectivity index (χ2n) is 4.93. The van der Waals surface area contributed by atoms with Crippen molar-refractivity contribution in [2.75, 3.05) is 19.6 Å². The Hall–Kier alpha value is -1.07. The minimum absolute atomic E-state index is 0.00188. The lowest BCUT2D eigenvalue weighted by Gasteiger charge is -2.30. The van der Waals surface area contributed by atoms with Gasteiger partial charge in [-0.25, -0.2) is 0 Å². The van der Waals surface area contributed by atoms with Gasteiger partial charge in [0.2, 0.25) is 0 Å². The van der Waals surface area contributed by atoms with Crippen molar-refractivity contribution in [1.82, 2.24) is 4.90 Å². The van der Waals surface area contributed by atoms with E-state index in [0.29, 0.717) is 13.1 Å². The predicted molar refractivity (Wildman–Crippen MR) is 63.9 cm³/mol. The molecule has 1 aliphatic heterocycles. The van der Waals surface area contributed by atoms with Crippen LogP contribution in [0.1, 0.15) is 12.0 Å². The Balaban J connectivity index is 2.04. The molecule has 1 atom stereocenters. The SMILES string of the molecule is NCC1(C(F)(F)F)CCN(Cc2ccccc2)C1. The summed E-state index contributed by atoms with van der Waals surface area (Å²) in [4.78, 5) is 1.83. The first-order valence-corrected chi connectivity index (χ1v) is 6.00. The van der Waals surface area contributed by atoms with E-state index in [2.05, 4.69) is 0 Å². The van der Waals surface area contributed by atoms with E-state index in [0.717, 1.165) is 5.56 Å². The molecular weight excluding hydrogens is 241 g/mol. The summed E-state index contributed by atoms with van der Waals surface area (Å²) in [6, 6.07) is 9.54. The van der Waals surface area contributed by atoms with E-state index in [1.165, 1.54) is 0 Å². The van der Waals surface area contributed by atoms with Gasteiger partial charge in [-0.3, -0.25) is 4.90 Å². The molecule has 100 valence electrons. The summed E-state index contributed by atoms with van der Waals surface area (Å²) in [6.07, 6.45) is -4.12. The second-order valence-corrected chi connectivity index (χ2v) is 4.93. The Bertz CT molecular complexity index is 391. The molecular formula is C13H17F3N2. The van der Waals surface area contributed by atoms with Crippen molar-refractivity contribution >= 4 is 0 Å². The van der Waals surface area contributed by atoms with Crippen LogP contribution in [-0.4, -0.2) is 30.7 Å². The standard InChI is InChI=1S/C13H17F3N2/c14-13(15,16)12(9-17)6-7-18(10-12)8-11-4-2-1-3-5-11/h1-5H,6-10,17H2. The highest BCUT2D eigenvalue weighted by Gasteiger charge is 2.56. The van der Waals surface area contributed by atoms with Gasteiger partial charge in [0.05, 0.1) is 5.41 Å². The molecule has 1 aliphatic rings. The number of hydrogen-bond donors (Lipinski definition) is 1. The topological polar surface area (TPSA) is 29.3 Å². The molecule has 1 saturated heterocycles. The van der Waals surface area contributed by atoms with Gasteiger partial charge in [0.15, 0.2) is 0 Å². The maximum atomic E-state index is 13.0. The average molecular weight is 258 g/mol. The highest BCUT2D eigenvalue weighted by atomic mass is 19.4. The fourth-order valence-corrected chi connectivity index (χ4v) is 2.45. The average Bonchev–Trinajstić information content (AvgIpc) is 2.74. The number of alkyl halides is 3. The zero-order valence-corrected chi connectivity index (χ0v) is 10.1. The monoisotopic (exact) mass is 258 g/mol. The van der Waals surface area contributed by atoms with Crippen LogP contribution in [0.3, 0.4) is 0 Å². The Morgan fingerprint density at radius 1 is 1.22 bits per heavy atom. The van der Waals surface area contributed by atoms with Crippen LogP contribution in [0.25, 0.3) is 0 Å². The smallest absolute Gasteiger partial charge is 0.330 e. The normalized spacial score (nSPS) is 25.6. The zero-order valence-electron chi connectivity index (χ0n) is 10.1. The van der Waals surface area contributed by atoms with Crippen LogP contribution < -0.4 is 5.73 Å². The fourth-order valence-electron chi connectivity index (χ4n) is 2.45. The molecule has 5 heteroatoms. The molecule has 1 unspecified atom stereocenters. The number of nitrogens with two attached hydrogens (primary N) is 1. The van der Waals surface area contributed by atoms with Crippen LogP contribution in [-0.2, 0) is 6.54 Å². The summed E-state index contributed by atoms with van der Waals surface area (Å²) in [7, 11) is 0. The fraction of sp³-hybridized carbons (Fsp3) is 0.538. The number of rotatable bonds is 3. The Morgan fingerprint density at radius 3 is 2.39 bits per heavy atom. The van der Waals surface area contributed by atoms with Crippen molar-refractivity contribution in [2.45, 2.75) is 19.1 Å². The van der Waals surface area contributed by atoms with Crippen LogP contribution >= 0.6 is 0 Å². The molecule has 18 heavy (non-hydrogen) atoms. The predicted octanol–water partition coefficient (Wildman–Crippen LogP) is 2.40. The lowest BCUT2D eigenvalue weighted by molar-refractivity contribution is -0.215. The number of hydrogen-bond acceptors (Lipinski definition) is 2. The van der Waals surface area contributed by atoms with Crippen LogP contribution in [0.2, 0.25) is 0 Å². The Labute approximate surface area is 105 Å². The summed E-state index contributed by atoms with van der Waals surface area (Å²) < 4.78 is 39.1. The molecule has 2 N–H and O–H groups in total. The Morgan fingerprint density at radius 2 is 1.89 bits per heavy atom. The summed E-state index contributed by atoms with van der Waals surface area (Å²) in [6.45, 7) is 0.675. The van der Waals surface area contributed by atoms with Gasteiger partial charge in [-0.1, -0.05) is 30.3 Å². The third-order valence-corrected chi connectivity index (χ3v) is 3.67. The van der Waals surface area contributed by atoms with Crippen LogP contribution in [0.15, 0.2) is 30.3 Å². The summed E-state index contributed by atoms with van der Waals surface area (Å²) in [5.74, 6) is 0. The van der Waals surface area contributed by atoms with E-state index in [9.17, 15) is 13.2 Å². The molecule has 1 heterocycles. The van der Waals surface area contributed by atoms with Crippen molar-refractivity contribution in [2.24, 2.45) is 11.1 Å². The van der Waals surface area contributed by atoms with Gasteiger partial charge < -0.3 is 5.73 Å². The van der Waals surface area contributed by atoms with Gasteiger partial charge in [-0.15, -0.1) is 0 Å². The molecule has 1 aromatic carbocycles. The van der Waals surface area contributed by atoms with Crippen molar-refractivity contribution < 1.29 is 13.2 Å². The number of nitrogens with zero attached hydrogens (tertiary/aromatic N) is 1. The third kappa shape index (κ3) is 2.52. The zero-order chi connectivity index (χ0) is 13.2. The van der Waals surface area contributed by atoms with E-state index >= 15 is 0 Å². The van der Waals surface area contributed by atoms with Crippen molar-refractivity contribution in [3.8, 4) is 0 Å². The highest BCUT2D eigenvalue weighted by molar-refractivity contribution is 5.15. The molecule has 2 rings (SSSR count). The van der Waals surface area contributed by atoms with E-state index < -0.39 is 11.6 Å². The van der Waals surface area contributed by atoms with E-state index in [1.807, 2.05) is 35.2 Å². The minimum Gasteiger partial charge on any atom is -0.330 e. The van der Waals surface area contributed by atoms with Crippen LogP contribution in [0, 0.1) is 5.41 Å². The Kier molecular flexibility index (Phi) is 3.64. The summed E-state index contributed by atoms with van der Waals surface area (Å²) in [5.41, 5.74) is 4.68. The largest absolute Gasteiger partial charge is 0.396 e. The molecule has 0 radical (unpaired) electrons. The molecule has 0 aliphatic carbocycles.